The Balaban J connectivity index is 1.15. The number of benzene rings is 8. The van der Waals surface area contributed by atoms with E-state index in [4.69, 9.17) is 0 Å². The molecular formula is C51H37N. The first-order valence-electron chi connectivity index (χ1n) is 18.3. The summed E-state index contributed by atoms with van der Waals surface area (Å²) < 4.78 is 0. The van der Waals surface area contributed by atoms with Crippen LogP contribution in [-0.4, -0.2) is 0 Å². The van der Waals surface area contributed by atoms with Crippen LogP contribution in [0.25, 0.3) is 43.8 Å². The fourth-order valence-electron chi connectivity index (χ4n) is 8.86. The van der Waals surface area contributed by atoms with E-state index in [1.807, 2.05) is 0 Å². The molecule has 0 saturated heterocycles. The maximum absolute atomic E-state index is 2.41. The molecular weight excluding hydrogens is 627 g/mol. The van der Waals surface area contributed by atoms with Crippen molar-refractivity contribution in [2.24, 2.45) is 0 Å². The van der Waals surface area contributed by atoms with Crippen LogP contribution >= 0.6 is 0 Å². The Kier molecular flexibility index (Phi) is 7.25. The molecule has 2 aliphatic rings. The summed E-state index contributed by atoms with van der Waals surface area (Å²) in [6.07, 6.45) is 9.01. The van der Waals surface area contributed by atoms with Gasteiger partial charge in [0.05, 0.1) is 5.41 Å². The predicted molar refractivity (Wildman–Crippen MR) is 220 cm³/mol. The van der Waals surface area contributed by atoms with Crippen LogP contribution < -0.4 is 4.90 Å². The van der Waals surface area contributed by atoms with Crippen LogP contribution in [-0.2, 0) is 5.41 Å². The van der Waals surface area contributed by atoms with E-state index in [2.05, 4.69) is 205 Å². The quantitative estimate of drug-likeness (QED) is 0.160. The third-order valence-electron chi connectivity index (χ3n) is 11.2. The second-order valence-corrected chi connectivity index (χ2v) is 14.0. The van der Waals surface area contributed by atoms with Gasteiger partial charge >= 0.3 is 0 Å². The van der Waals surface area contributed by atoms with Crippen LogP contribution in [0.4, 0.5) is 17.1 Å². The summed E-state index contributed by atoms with van der Waals surface area (Å²) >= 11 is 0. The van der Waals surface area contributed by atoms with Crippen LogP contribution in [0.15, 0.2) is 206 Å². The van der Waals surface area contributed by atoms with Crippen LogP contribution in [0.3, 0.4) is 0 Å². The van der Waals surface area contributed by atoms with E-state index < -0.39 is 0 Å². The number of nitrogens with zero attached hydrogens (tertiary/aromatic N) is 1. The van der Waals surface area contributed by atoms with Gasteiger partial charge in [-0.25, -0.2) is 0 Å². The summed E-state index contributed by atoms with van der Waals surface area (Å²) in [5, 5.41) is 5.03. The fourth-order valence-corrected chi connectivity index (χ4v) is 8.86. The maximum Gasteiger partial charge on any atom is 0.0676 e. The molecule has 0 aromatic heterocycles. The van der Waals surface area contributed by atoms with Crippen molar-refractivity contribution in [2.45, 2.75) is 18.3 Å². The van der Waals surface area contributed by atoms with Gasteiger partial charge in [-0.2, -0.15) is 0 Å². The molecule has 0 N–H and O–H groups in total. The molecule has 0 fully saturated rings. The van der Waals surface area contributed by atoms with Gasteiger partial charge in [-0.05, 0) is 110 Å². The minimum Gasteiger partial charge on any atom is -0.310 e. The van der Waals surface area contributed by atoms with Crippen molar-refractivity contribution >= 4 is 38.6 Å². The lowest BCUT2D eigenvalue weighted by Gasteiger charge is -2.37. The highest BCUT2D eigenvalue weighted by molar-refractivity contribution is 6.09. The van der Waals surface area contributed by atoms with Gasteiger partial charge < -0.3 is 4.90 Å². The molecule has 8 aromatic carbocycles. The molecule has 52 heavy (non-hydrogen) atoms. The Bertz CT molecular complexity index is 2620. The maximum atomic E-state index is 2.41. The fraction of sp³-hybridized carbons (Fsp3) is 0.0588. The Labute approximate surface area is 305 Å². The van der Waals surface area contributed by atoms with E-state index in [1.54, 1.807) is 0 Å². The number of hydrogen-bond donors (Lipinski definition) is 0. The summed E-state index contributed by atoms with van der Waals surface area (Å²) in [7, 11) is 0. The van der Waals surface area contributed by atoms with Gasteiger partial charge in [0.25, 0.3) is 0 Å². The number of hydrogen-bond acceptors (Lipinski definition) is 1. The van der Waals surface area contributed by atoms with Crippen LogP contribution in [0, 0.1) is 0 Å². The van der Waals surface area contributed by atoms with Gasteiger partial charge in [-0.3, -0.25) is 0 Å². The minimum absolute atomic E-state index is 0.347. The van der Waals surface area contributed by atoms with E-state index in [0.29, 0.717) is 0 Å². The summed E-state index contributed by atoms with van der Waals surface area (Å²) in [5.74, 6) is 0. The molecule has 0 saturated carbocycles. The zero-order valence-corrected chi connectivity index (χ0v) is 28.9. The van der Waals surface area contributed by atoms with Crippen molar-refractivity contribution in [1.82, 2.24) is 0 Å². The molecule has 10 rings (SSSR count). The SMILES string of the molecule is C1=CCCC(C2(c3ccc(N(c4ccc(-c5ccccc5)cc4)c4ccc5ccc6ccccc6c5c4)cc3)c3ccccc3-c3ccccc32)=C1. The van der Waals surface area contributed by atoms with Crippen molar-refractivity contribution in [3.63, 3.8) is 0 Å². The van der Waals surface area contributed by atoms with E-state index >= 15 is 0 Å². The summed E-state index contributed by atoms with van der Waals surface area (Å²) in [6, 6.07) is 67.2. The first kappa shape index (κ1) is 30.4. The second kappa shape index (κ2) is 12.4. The zero-order chi connectivity index (χ0) is 34.5. The lowest BCUT2D eigenvalue weighted by molar-refractivity contribution is 0.693. The van der Waals surface area contributed by atoms with Crippen molar-refractivity contribution < 1.29 is 0 Å². The molecule has 0 bridgehead atoms. The van der Waals surface area contributed by atoms with Crippen molar-refractivity contribution in [1.29, 1.82) is 0 Å². The van der Waals surface area contributed by atoms with E-state index in [1.165, 1.54) is 66.1 Å². The van der Waals surface area contributed by atoms with Crippen molar-refractivity contribution in [3.05, 3.63) is 222 Å². The van der Waals surface area contributed by atoms with Crippen molar-refractivity contribution in [3.8, 4) is 22.3 Å². The number of anilines is 3. The predicted octanol–water partition coefficient (Wildman–Crippen LogP) is 13.7. The molecule has 0 atom stereocenters. The monoisotopic (exact) mass is 663 g/mol. The minimum atomic E-state index is -0.347. The Morgan fingerprint density at radius 1 is 0.442 bits per heavy atom. The summed E-state index contributed by atoms with van der Waals surface area (Å²) in [5.41, 5.74) is 13.6. The lowest BCUT2D eigenvalue weighted by Crippen LogP contribution is -2.30. The van der Waals surface area contributed by atoms with Crippen LogP contribution in [0.5, 0.6) is 0 Å². The molecule has 0 amide bonds. The molecule has 2 aliphatic carbocycles. The first-order valence-corrected chi connectivity index (χ1v) is 18.3. The highest BCUT2D eigenvalue weighted by atomic mass is 15.1. The average molecular weight is 664 g/mol. The van der Waals surface area contributed by atoms with Gasteiger partial charge in [0.15, 0.2) is 0 Å². The Morgan fingerprint density at radius 3 is 1.69 bits per heavy atom. The molecule has 1 heteroatoms. The van der Waals surface area contributed by atoms with E-state index in [-0.39, 0.29) is 5.41 Å². The molecule has 0 unspecified atom stereocenters. The molecule has 0 spiro atoms. The van der Waals surface area contributed by atoms with E-state index in [9.17, 15) is 0 Å². The highest BCUT2D eigenvalue weighted by Crippen LogP contribution is 2.57. The van der Waals surface area contributed by atoms with Crippen LogP contribution in [0.2, 0.25) is 0 Å². The van der Waals surface area contributed by atoms with Gasteiger partial charge in [0.1, 0.15) is 0 Å². The standard InChI is InChI=1S/C51H37N/c1-3-13-36(14-4-1)37-25-30-42(31-26-37)52(44-32-27-39-24-23-38-15-7-8-18-45(38)48(39)35-44)43-33-28-41(29-34-43)51(40-16-5-2-6-17-40)49-21-11-9-19-46(49)47-20-10-12-22-50(47)51/h1-5,7-16,18-35H,6,17H2. The zero-order valence-electron chi connectivity index (χ0n) is 28.9. The molecule has 0 heterocycles. The van der Waals surface area contributed by atoms with Gasteiger partial charge in [0, 0.05) is 17.1 Å². The highest BCUT2D eigenvalue weighted by Gasteiger charge is 2.46. The van der Waals surface area contributed by atoms with E-state index in [0.717, 1.165) is 29.9 Å². The third kappa shape index (κ3) is 4.77. The Morgan fingerprint density at radius 2 is 1.00 bits per heavy atom. The summed E-state index contributed by atoms with van der Waals surface area (Å²) in [6.45, 7) is 0. The normalized spacial score (nSPS) is 14.2. The largest absolute Gasteiger partial charge is 0.310 e. The summed E-state index contributed by atoms with van der Waals surface area (Å²) in [4.78, 5) is 2.41. The van der Waals surface area contributed by atoms with Gasteiger partial charge in [-0.1, -0.05) is 169 Å². The number of allylic oxidation sites excluding steroid dienone is 4. The first-order chi connectivity index (χ1) is 25.8. The van der Waals surface area contributed by atoms with Crippen LogP contribution in [0.1, 0.15) is 29.5 Å². The lowest BCUT2D eigenvalue weighted by atomic mass is 9.65. The third-order valence-corrected chi connectivity index (χ3v) is 11.2. The molecule has 1 nitrogen and oxygen atoms in total. The number of fused-ring (bicyclic) bond motifs is 6. The molecule has 246 valence electrons. The Hall–Kier alpha value is -6.44. The molecule has 0 radical (unpaired) electrons. The molecule has 0 aliphatic heterocycles. The average Bonchev–Trinajstić information content (AvgIpc) is 3.53. The van der Waals surface area contributed by atoms with Crippen molar-refractivity contribution in [2.75, 3.05) is 4.90 Å². The molecule has 8 aromatic rings. The topological polar surface area (TPSA) is 3.24 Å². The number of rotatable bonds is 6. The van der Waals surface area contributed by atoms with Gasteiger partial charge in [-0.15, -0.1) is 0 Å². The van der Waals surface area contributed by atoms with Gasteiger partial charge in [0.2, 0.25) is 0 Å². The smallest absolute Gasteiger partial charge is 0.0676 e. The second-order valence-electron chi connectivity index (χ2n) is 14.0.